The summed E-state index contributed by atoms with van der Waals surface area (Å²) in [5.41, 5.74) is 0. The first-order chi connectivity index (χ1) is 7.81. The molecule has 0 aliphatic carbocycles. The Labute approximate surface area is 121 Å². The van der Waals surface area contributed by atoms with Crippen LogP contribution < -0.4 is 5.30 Å². The normalized spacial score (nSPS) is 11.1. The summed E-state index contributed by atoms with van der Waals surface area (Å²) in [6.45, 7) is 2.14. The second kappa shape index (κ2) is 9.40. The molecule has 0 bridgehead atoms. The highest BCUT2D eigenvalue weighted by atomic mass is 127. The van der Waals surface area contributed by atoms with E-state index in [0.717, 1.165) is 12.6 Å². The van der Waals surface area contributed by atoms with Crippen molar-refractivity contribution in [2.45, 2.75) is 13.3 Å². The van der Waals surface area contributed by atoms with Crippen LogP contribution >= 0.6 is 31.9 Å². The van der Waals surface area contributed by atoms with Gasteiger partial charge in [0.05, 0.1) is 12.1 Å². The minimum absolute atomic E-state index is 0. The van der Waals surface area contributed by atoms with Gasteiger partial charge in [-0.3, -0.25) is 0 Å². The Hall–Kier alpha value is -0.640. The van der Waals surface area contributed by atoms with Gasteiger partial charge in [0.2, 0.25) is 0 Å². The molecule has 1 unspecified atom stereocenters. The first kappa shape index (κ1) is 16.4. The van der Waals surface area contributed by atoms with Crippen LogP contribution in [0.4, 0.5) is 0 Å². The van der Waals surface area contributed by atoms with E-state index in [1.807, 2.05) is 18.2 Å². The average Bonchev–Trinajstić information content (AvgIpc) is 2.35. The average molecular weight is 358 g/mol. The summed E-state index contributed by atoms with van der Waals surface area (Å²) in [5, 5.41) is 19.0. The van der Waals surface area contributed by atoms with E-state index in [2.05, 4.69) is 31.2 Å². The second-order valence-electron chi connectivity index (χ2n) is 3.59. The first-order valence-electron chi connectivity index (χ1n) is 5.41. The summed E-state index contributed by atoms with van der Waals surface area (Å²) in [7, 11) is -0.352. The van der Waals surface area contributed by atoms with Gasteiger partial charge in [-0.05, 0) is 11.5 Å². The Morgan fingerprint density at radius 2 is 1.76 bits per heavy atom. The molecule has 0 saturated carbocycles. The van der Waals surface area contributed by atoms with E-state index in [9.17, 15) is 0 Å². The molecule has 0 radical (unpaired) electrons. The van der Waals surface area contributed by atoms with Gasteiger partial charge in [0, 0.05) is 6.16 Å². The standard InChI is InChI=1S/C13H15N2P.HI/c1-2-8-16(11-12(9-14)10-15)13-6-4-3-5-7-13;/h3-7,12H,2,8,11H2,1H3;1H. The quantitative estimate of drug-likeness (QED) is 0.598. The number of nitrogens with zero attached hydrogens (tertiary/aromatic N) is 2. The molecule has 2 nitrogen and oxygen atoms in total. The smallest absolute Gasteiger partial charge is 0.137 e. The Kier molecular flexibility index (Phi) is 9.04. The van der Waals surface area contributed by atoms with Crippen molar-refractivity contribution in [2.75, 3.05) is 12.3 Å². The molecule has 0 heterocycles. The maximum atomic E-state index is 8.83. The molecule has 0 aliphatic rings. The fraction of sp³-hybridized carbons (Fsp3) is 0.385. The van der Waals surface area contributed by atoms with E-state index in [0.29, 0.717) is 6.16 Å². The molecule has 0 spiro atoms. The zero-order valence-corrected chi connectivity index (χ0v) is 13.1. The van der Waals surface area contributed by atoms with E-state index in [1.165, 1.54) is 5.30 Å². The molecule has 0 amide bonds. The van der Waals surface area contributed by atoms with Gasteiger partial charge in [-0.2, -0.15) is 10.5 Å². The van der Waals surface area contributed by atoms with Crippen molar-refractivity contribution in [1.29, 1.82) is 10.5 Å². The molecule has 1 rings (SSSR count). The number of hydrogen-bond donors (Lipinski definition) is 0. The predicted molar refractivity (Wildman–Crippen MR) is 83.2 cm³/mol. The Balaban J connectivity index is 0.00000256. The molecule has 0 aromatic heterocycles. The largest absolute Gasteiger partial charge is 0.197 e. The van der Waals surface area contributed by atoms with Gasteiger partial charge in [-0.15, -0.1) is 24.0 Å². The van der Waals surface area contributed by atoms with Crippen molar-refractivity contribution >= 4 is 37.2 Å². The molecular formula is C13H16IN2P. The summed E-state index contributed by atoms with van der Waals surface area (Å²) in [6, 6.07) is 14.4. The van der Waals surface area contributed by atoms with Crippen molar-refractivity contribution in [1.82, 2.24) is 0 Å². The van der Waals surface area contributed by atoms with Gasteiger partial charge < -0.3 is 0 Å². The maximum Gasteiger partial charge on any atom is 0.137 e. The van der Waals surface area contributed by atoms with Crippen LogP contribution in [0.2, 0.25) is 0 Å². The molecule has 0 saturated heterocycles. The highest BCUT2D eigenvalue weighted by molar-refractivity contribution is 14.0. The Morgan fingerprint density at radius 3 is 2.24 bits per heavy atom. The third kappa shape index (κ3) is 5.48. The van der Waals surface area contributed by atoms with Crippen molar-refractivity contribution < 1.29 is 0 Å². The van der Waals surface area contributed by atoms with Gasteiger partial charge in [-0.1, -0.05) is 51.6 Å². The van der Waals surface area contributed by atoms with E-state index >= 15 is 0 Å². The lowest BCUT2D eigenvalue weighted by Gasteiger charge is -2.17. The second-order valence-corrected chi connectivity index (χ2v) is 6.00. The fourth-order valence-electron chi connectivity index (χ4n) is 1.57. The SMILES string of the molecule is CCCP(CC(C#N)C#N)c1ccccc1.I. The number of halogens is 1. The van der Waals surface area contributed by atoms with Crippen LogP contribution in [-0.4, -0.2) is 12.3 Å². The van der Waals surface area contributed by atoms with E-state index in [-0.39, 0.29) is 31.9 Å². The van der Waals surface area contributed by atoms with Crippen LogP contribution in [0, 0.1) is 28.6 Å². The van der Waals surface area contributed by atoms with Crippen molar-refractivity contribution in [2.24, 2.45) is 5.92 Å². The molecule has 1 atom stereocenters. The Morgan fingerprint density at radius 1 is 1.18 bits per heavy atom. The zero-order chi connectivity index (χ0) is 11.8. The summed E-state index contributed by atoms with van der Waals surface area (Å²) < 4.78 is 0. The molecule has 4 heteroatoms. The summed E-state index contributed by atoms with van der Waals surface area (Å²) >= 11 is 0. The lowest BCUT2D eigenvalue weighted by molar-refractivity contribution is 0.972. The van der Waals surface area contributed by atoms with Gasteiger partial charge in [0.1, 0.15) is 5.92 Å². The summed E-state index contributed by atoms with van der Waals surface area (Å²) in [4.78, 5) is 0. The molecule has 0 N–H and O–H groups in total. The lowest BCUT2D eigenvalue weighted by atomic mass is 10.2. The van der Waals surface area contributed by atoms with Gasteiger partial charge in [-0.25, -0.2) is 0 Å². The molecular weight excluding hydrogens is 342 g/mol. The van der Waals surface area contributed by atoms with Crippen LogP contribution in [0.3, 0.4) is 0 Å². The van der Waals surface area contributed by atoms with E-state index in [1.54, 1.807) is 0 Å². The third-order valence-electron chi connectivity index (χ3n) is 2.33. The Bertz CT molecular complexity index is 380. The molecule has 0 aliphatic heterocycles. The number of nitriles is 2. The number of hydrogen-bond acceptors (Lipinski definition) is 2. The van der Waals surface area contributed by atoms with E-state index < -0.39 is 5.92 Å². The predicted octanol–water partition coefficient (Wildman–Crippen LogP) is 3.49. The topological polar surface area (TPSA) is 47.6 Å². The minimum Gasteiger partial charge on any atom is -0.197 e. The van der Waals surface area contributed by atoms with Gasteiger partial charge >= 0.3 is 0 Å². The van der Waals surface area contributed by atoms with Gasteiger partial charge in [0.15, 0.2) is 0 Å². The zero-order valence-electron chi connectivity index (χ0n) is 9.84. The molecule has 0 fully saturated rings. The van der Waals surface area contributed by atoms with Crippen LogP contribution in [0.5, 0.6) is 0 Å². The van der Waals surface area contributed by atoms with Crippen LogP contribution in [0.15, 0.2) is 30.3 Å². The fourth-order valence-corrected chi connectivity index (χ4v) is 3.95. The summed E-state index contributed by atoms with van der Waals surface area (Å²) in [6.07, 6.45) is 2.91. The first-order valence-corrected chi connectivity index (χ1v) is 7.12. The van der Waals surface area contributed by atoms with Crippen LogP contribution in [0.1, 0.15) is 13.3 Å². The van der Waals surface area contributed by atoms with Gasteiger partial charge in [0.25, 0.3) is 0 Å². The highest BCUT2D eigenvalue weighted by Gasteiger charge is 2.16. The highest BCUT2D eigenvalue weighted by Crippen LogP contribution is 2.37. The van der Waals surface area contributed by atoms with Crippen molar-refractivity contribution in [3.05, 3.63) is 30.3 Å². The molecule has 1 aromatic rings. The van der Waals surface area contributed by atoms with Crippen molar-refractivity contribution in [3.8, 4) is 12.1 Å². The molecule has 1 aromatic carbocycles. The number of rotatable bonds is 5. The van der Waals surface area contributed by atoms with Crippen molar-refractivity contribution in [3.63, 3.8) is 0 Å². The number of benzene rings is 1. The molecule has 17 heavy (non-hydrogen) atoms. The molecule has 90 valence electrons. The lowest BCUT2D eigenvalue weighted by Crippen LogP contribution is -2.10. The minimum atomic E-state index is -0.460. The maximum absolute atomic E-state index is 8.83. The van der Waals surface area contributed by atoms with Crippen LogP contribution in [0.25, 0.3) is 0 Å². The van der Waals surface area contributed by atoms with E-state index in [4.69, 9.17) is 10.5 Å². The van der Waals surface area contributed by atoms with Crippen LogP contribution in [-0.2, 0) is 0 Å². The monoisotopic (exact) mass is 358 g/mol. The summed E-state index contributed by atoms with van der Waals surface area (Å²) in [5.74, 6) is -0.460. The third-order valence-corrected chi connectivity index (χ3v) is 5.15.